The second-order valence-corrected chi connectivity index (χ2v) is 2.38. The minimum atomic E-state index is -1.53. The zero-order valence-electron chi connectivity index (χ0n) is 6.73. The lowest BCUT2D eigenvalue weighted by Crippen LogP contribution is -1.97. The number of hydrogen-bond donors (Lipinski definition) is 0. The summed E-state index contributed by atoms with van der Waals surface area (Å²) in [5, 5.41) is 0. The van der Waals surface area contributed by atoms with Crippen molar-refractivity contribution >= 4 is 12.4 Å². The molecule has 0 spiro atoms. The maximum atomic E-state index is 12.8. The van der Waals surface area contributed by atoms with Gasteiger partial charge in [0.2, 0.25) is 0 Å². The number of benzene rings is 1. The Morgan fingerprint density at radius 1 is 1.00 bits per heavy atom. The van der Waals surface area contributed by atoms with Gasteiger partial charge < -0.3 is 0 Å². The van der Waals surface area contributed by atoms with E-state index >= 15 is 0 Å². The zero-order valence-corrected chi connectivity index (χ0v) is 6.73. The third-order valence-corrected chi connectivity index (χ3v) is 1.49. The van der Waals surface area contributed by atoms with Gasteiger partial charge in [0.1, 0.15) is 6.29 Å². The van der Waals surface area contributed by atoms with E-state index in [4.69, 9.17) is 0 Å². The standard InChI is InChI=1S/C9H4F4O/c10-6-4-7(11)9(13)5(8(6)12)2-1-3-14/h1-4H/b2-1+. The third kappa shape index (κ3) is 1.81. The summed E-state index contributed by atoms with van der Waals surface area (Å²) in [5.74, 6) is -6.06. The van der Waals surface area contributed by atoms with E-state index in [0.717, 1.165) is 6.08 Å². The second-order valence-electron chi connectivity index (χ2n) is 2.38. The molecule has 1 aromatic rings. The SMILES string of the molecule is O=C/C=C/c1c(F)c(F)cc(F)c1F. The Balaban J connectivity index is 3.38. The highest BCUT2D eigenvalue weighted by atomic mass is 19.2. The fourth-order valence-corrected chi connectivity index (χ4v) is 0.873. The maximum absolute atomic E-state index is 12.8. The van der Waals surface area contributed by atoms with Crippen LogP contribution < -0.4 is 0 Å². The van der Waals surface area contributed by atoms with Gasteiger partial charge in [0.05, 0.1) is 5.56 Å². The number of aldehydes is 1. The van der Waals surface area contributed by atoms with Crippen LogP contribution in [0.1, 0.15) is 5.56 Å². The van der Waals surface area contributed by atoms with Crippen LogP contribution in [0.4, 0.5) is 17.6 Å². The minimum Gasteiger partial charge on any atom is -0.299 e. The summed E-state index contributed by atoms with van der Waals surface area (Å²) >= 11 is 0. The summed E-state index contributed by atoms with van der Waals surface area (Å²) in [5.41, 5.74) is -0.908. The summed E-state index contributed by atoms with van der Waals surface area (Å²) in [4.78, 5) is 9.85. The van der Waals surface area contributed by atoms with Gasteiger partial charge in [-0.3, -0.25) is 4.79 Å². The number of allylic oxidation sites excluding steroid dienone is 1. The molecule has 1 aromatic carbocycles. The Morgan fingerprint density at radius 2 is 1.50 bits per heavy atom. The highest BCUT2D eigenvalue weighted by Gasteiger charge is 2.16. The quantitative estimate of drug-likeness (QED) is 0.313. The monoisotopic (exact) mass is 204 g/mol. The molecule has 5 heteroatoms. The van der Waals surface area contributed by atoms with Gasteiger partial charge in [-0.1, -0.05) is 0 Å². The highest BCUT2D eigenvalue weighted by Crippen LogP contribution is 2.20. The molecule has 0 saturated carbocycles. The molecule has 0 heterocycles. The molecule has 0 aliphatic heterocycles. The van der Waals surface area contributed by atoms with Gasteiger partial charge in [0, 0.05) is 6.07 Å². The van der Waals surface area contributed by atoms with E-state index in [1.165, 1.54) is 0 Å². The Labute approximate surface area is 76.7 Å². The van der Waals surface area contributed by atoms with E-state index in [1.807, 2.05) is 0 Å². The summed E-state index contributed by atoms with van der Waals surface area (Å²) in [7, 11) is 0. The predicted molar refractivity (Wildman–Crippen MR) is 41.4 cm³/mol. The van der Waals surface area contributed by atoms with Crippen LogP contribution in [-0.2, 0) is 4.79 Å². The summed E-state index contributed by atoms with van der Waals surface area (Å²) in [6.07, 6.45) is 1.63. The topological polar surface area (TPSA) is 17.1 Å². The Morgan fingerprint density at radius 3 is 1.93 bits per heavy atom. The average molecular weight is 204 g/mol. The van der Waals surface area contributed by atoms with E-state index in [-0.39, 0.29) is 12.4 Å². The van der Waals surface area contributed by atoms with E-state index in [1.54, 1.807) is 0 Å². The van der Waals surface area contributed by atoms with Gasteiger partial charge in [-0.15, -0.1) is 0 Å². The van der Waals surface area contributed by atoms with Crippen LogP contribution in [0.3, 0.4) is 0 Å². The van der Waals surface area contributed by atoms with Crippen molar-refractivity contribution in [2.75, 3.05) is 0 Å². The lowest BCUT2D eigenvalue weighted by molar-refractivity contribution is -0.104. The molecular weight excluding hydrogens is 200 g/mol. The lowest BCUT2D eigenvalue weighted by Gasteiger charge is -2.01. The molecule has 0 saturated heterocycles. The van der Waals surface area contributed by atoms with Gasteiger partial charge in [-0.2, -0.15) is 0 Å². The first-order chi connectivity index (χ1) is 6.57. The van der Waals surface area contributed by atoms with Crippen molar-refractivity contribution in [2.45, 2.75) is 0 Å². The first-order valence-corrected chi connectivity index (χ1v) is 3.52. The molecule has 0 N–H and O–H groups in total. The molecule has 14 heavy (non-hydrogen) atoms. The zero-order chi connectivity index (χ0) is 10.7. The van der Waals surface area contributed by atoms with E-state index < -0.39 is 28.8 Å². The largest absolute Gasteiger partial charge is 0.299 e. The first-order valence-electron chi connectivity index (χ1n) is 3.52. The Hall–Kier alpha value is -1.65. The first kappa shape index (κ1) is 10.4. The third-order valence-electron chi connectivity index (χ3n) is 1.49. The molecule has 0 aromatic heterocycles. The van der Waals surface area contributed by atoms with Crippen molar-refractivity contribution in [3.63, 3.8) is 0 Å². The van der Waals surface area contributed by atoms with E-state index in [9.17, 15) is 22.4 Å². The van der Waals surface area contributed by atoms with Crippen LogP contribution in [0.15, 0.2) is 12.1 Å². The molecule has 0 atom stereocenters. The van der Waals surface area contributed by atoms with Crippen molar-refractivity contribution in [2.24, 2.45) is 0 Å². The molecule has 0 amide bonds. The van der Waals surface area contributed by atoms with Crippen molar-refractivity contribution in [3.05, 3.63) is 41.0 Å². The molecule has 0 aliphatic carbocycles. The number of carbonyl (C=O) groups excluding carboxylic acids is 1. The molecule has 0 unspecified atom stereocenters. The molecule has 74 valence electrons. The van der Waals surface area contributed by atoms with Gasteiger partial charge in [-0.05, 0) is 12.2 Å². The number of hydrogen-bond acceptors (Lipinski definition) is 1. The van der Waals surface area contributed by atoms with Gasteiger partial charge >= 0.3 is 0 Å². The van der Waals surface area contributed by atoms with E-state index in [2.05, 4.69) is 0 Å². The van der Waals surface area contributed by atoms with Crippen molar-refractivity contribution in [1.29, 1.82) is 0 Å². The van der Waals surface area contributed by atoms with Crippen LogP contribution in [0, 0.1) is 23.3 Å². The van der Waals surface area contributed by atoms with Crippen LogP contribution in [0.2, 0.25) is 0 Å². The number of carbonyl (C=O) groups is 1. The molecule has 0 bridgehead atoms. The predicted octanol–water partition coefficient (Wildman–Crippen LogP) is 2.46. The molecule has 1 rings (SSSR count). The normalized spacial score (nSPS) is 10.9. The number of rotatable bonds is 2. The van der Waals surface area contributed by atoms with Crippen molar-refractivity contribution < 1.29 is 22.4 Å². The van der Waals surface area contributed by atoms with Gasteiger partial charge in [0.25, 0.3) is 0 Å². The number of halogens is 4. The smallest absolute Gasteiger partial charge is 0.169 e. The van der Waals surface area contributed by atoms with Crippen LogP contribution in [0.5, 0.6) is 0 Å². The molecular formula is C9H4F4O. The van der Waals surface area contributed by atoms with Crippen molar-refractivity contribution in [3.8, 4) is 0 Å². The molecule has 1 nitrogen and oxygen atoms in total. The fraction of sp³-hybridized carbons (Fsp3) is 0. The second kappa shape index (κ2) is 4.04. The van der Waals surface area contributed by atoms with Crippen LogP contribution in [-0.4, -0.2) is 6.29 Å². The van der Waals surface area contributed by atoms with Gasteiger partial charge in [-0.25, -0.2) is 17.6 Å². The van der Waals surface area contributed by atoms with Gasteiger partial charge in [0.15, 0.2) is 23.3 Å². The lowest BCUT2D eigenvalue weighted by atomic mass is 10.1. The fourth-order valence-electron chi connectivity index (χ4n) is 0.873. The Kier molecular flexibility index (Phi) is 3.01. The van der Waals surface area contributed by atoms with Crippen molar-refractivity contribution in [1.82, 2.24) is 0 Å². The maximum Gasteiger partial charge on any atom is 0.169 e. The molecule has 0 fully saturated rings. The summed E-state index contributed by atoms with van der Waals surface area (Å²) < 4.78 is 50.7. The minimum absolute atomic E-state index is 0.100. The molecule has 0 aliphatic rings. The summed E-state index contributed by atoms with van der Waals surface area (Å²) in [6, 6.07) is 0.100. The Bertz CT molecular complexity index is 372. The highest BCUT2D eigenvalue weighted by molar-refractivity contribution is 5.74. The summed E-state index contributed by atoms with van der Waals surface area (Å²) in [6.45, 7) is 0. The van der Waals surface area contributed by atoms with Crippen LogP contribution in [0.25, 0.3) is 6.08 Å². The van der Waals surface area contributed by atoms with Crippen LogP contribution >= 0.6 is 0 Å². The molecule has 0 radical (unpaired) electrons. The van der Waals surface area contributed by atoms with E-state index in [0.29, 0.717) is 6.08 Å². The average Bonchev–Trinajstić information content (AvgIpc) is 2.15.